The van der Waals surface area contributed by atoms with E-state index in [1.54, 1.807) is 11.1 Å². The van der Waals surface area contributed by atoms with Crippen molar-refractivity contribution in [3.05, 3.63) is 58.1 Å². The topological polar surface area (TPSA) is 0 Å². The number of fused-ring (bicyclic) bond motifs is 3. The minimum atomic E-state index is 0.165. The molecule has 3 rings (SSSR count). The lowest BCUT2D eigenvalue weighted by molar-refractivity contribution is 0.266. The zero-order chi connectivity index (χ0) is 21.6. The minimum absolute atomic E-state index is 0.165. The van der Waals surface area contributed by atoms with Crippen LogP contribution < -0.4 is 0 Å². The van der Waals surface area contributed by atoms with Crippen molar-refractivity contribution in [3.8, 4) is 11.1 Å². The van der Waals surface area contributed by atoms with Crippen molar-refractivity contribution >= 4 is 15.9 Å². The van der Waals surface area contributed by atoms with Crippen LogP contribution in [0.25, 0.3) is 11.1 Å². The van der Waals surface area contributed by atoms with Crippen molar-refractivity contribution in [3.63, 3.8) is 0 Å². The maximum Gasteiger partial charge on any atom is 0.0220 e. The van der Waals surface area contributed by atoms with E-state index in [-0.39, 0.29) is 5.41 Å². The predicted molar refractivity (Wildman–Crippen MR) is 136 cm³/mol. The molecule has 164 valence electrons. The van der Waals surface area contributed by atoms with Gasteiger partial charge in [0.05, 0.1) is 0 Å². The highest BCUT2D eigenvalue weighted by atomic mass is 79.9. The highest BCUT2D eigenvalue weighted by Gasteiger charge is 2.45. The number of unbranched alkanes of at least 4 members (excludes halogenated alkanes) is 2. The first-order valence-corrected chi connectivity index (χ1v) is 13.3. The Morgan fingerprint density at radius 1 is 0.733 bits per heavy atom. The van der Waals surface area contributed by atoms with E-state index in [0.29, 0.717) is 0 Å². The van der Waals surface area contributed by atoms with Crippen LogP contribution in [0.3, 0.4) is 0 Å². The average molecular weight is 470 g/mol. The van der Waals surface area contributed by atoms with Crippen LogP contribution >= 0.6 is 15.9 Å². The predicted octanol–water partition coefficient (Wildman–Crippen LogP) is 9.93. The third-order valence-corrected chi connectivity index (χ3v) is 8.08. The maximum atomic E-state index is 3.81. The first-order valence-electron chi connectivity index (χ1n) is 12.5. The molecule has 0 aromatic heterocycles. The van der Waals surface area contributed by atoms with Crippen LogP contribution in [-0.4, -0.2) is 0 Å². The lowest BCUT2D eigenvalue weighted by Gasteiger charge is -2.38. The molecule has 3 atom stereocenters. The molecule has 1 aliphatic carbocycles. The molecule has 0 bridgehead atoms. The van der Waals surface area contributed by atoms with Crippen molar-refractivity contribution in [2.75, 3.05) is 0 Å². The Morgan fingerprint density at radius 3 is 1.87 bits per heavy atom. The Morgan fingerprint density at radius 2 is 1.30 bits per heavy atom. The van der Waals surface area contributed by atoms with Gasteiger partial charge in [0, 0.05) is 9.89 Å². The van der Waals surface area contributed by atoms with Crippen LogP contribution in [0.1, 0.15) is 103 Å². The van der Waals surface area contributed by atoms with Gasteiger partial charge in [0.25, 0.3) is 0 Å². The van der Waals surface area contributed by atoms with Crippen LogP contribution in [0.4, 0.5) is 0 Å². The van der Waals surface area contributed by atoms with Gasteiger partial charge in [-0.25, -0.2) is 0 Å². The Bertz CT molecular complexity index is 788. The summed E-state index contributed by atoms with van der Waals surface area (Å²) in [6.45, 7) is 9.48. The van der Waals surface area contributed by atoms with Crippen LogP contribution in [0.5, 0.6) is 0 Å². The van der Waals surface area contributed by atoms with Crippen LogP contribution in [-0.2, 0) is 5.41 Å². The Hall–Kier alpha value is -1.08. The molecule has 2 aromatic carbocycles. The van der Waals surface area contributed by atoms with Gasteiger partial charge in [0.1, 0.15) is 0 Å². The van der Waals surface area contributed by atoms with Gasteiger partial charge in [-0.2, -0.15) is 0 Å². The molecule has 1 aliphatic rings. The fourth-order valence-corrected chi connectivity index (χ4v) is 6.18. The summed E-state index contributed by atoms with van der Waals surface area (Å²) >= 11 is 3.81. The quantitative estimate of drug-likeness (QED) is 0.290. The van der Waals surface area contributed by atoms with Crippen molar-refractivity contribution in [2.45, 2.75) is 97.3 Å². The van der Waals surface area contributed by atoms with E-state index in [4.69, 9.17) is 0 Å². The number of benzene rings is 2. The third-order valence-electron chi connectivity index (χ3n) is 7.59. The maximum absolute atomic E-state index is 3.81. The summed E-state index contributed by atoms with van der Waals surface area (Å²) in [5.74, 6) is 1.60. The monoisotopic (exact) mass is 468 g/mol. The SMILES string of the molecule is CCCC[C@@H](CC)CC1(C[C@@H](CC)CCCC)c2ccccc2-c2ccc(Br)cc21. The molecule has 0 saturated carbocycles. The summed E-state index contributed by atoms with van der Waals surface area (Å²) in [7, 11) is 0. The lowest BCUT2D eigenvalue weighted by atomic mass is 9.65. The normalized spacial score (nSPS) is 19.4. The smallest absolute Gasteiger partial charge is 0.0220 e. The van der Waals surface area contributed by atoms with E-state index in [1.165, 1.54) is 79.8 Å². The largest absolute Gasteiger partial charge is 0.0654 e. The van der Waals surface area contributed by atoms with Gasteiger partial charge in [-0.05, 0) is 59.1 Å². The molecule has 0 aliphatic heterocycles. The molecular weight excluding hydrogens is 428 g/mol. The van der Waals surface area contributed by atoms with E-state index in [9.17, 15) is 0 Å². The van der Waals surface area contributed by atoms with Gasteiger partial charge < -0.3 is 0 Å². The van der Waals surface area contributed by atoms with Gasteiger partial charge in [-0.1, -0.05) is 125 Å². The second-order valence-corrected chi connectivity index (χ2v) is 10.5. The van der Waals surface area contributed by atoms with E-state index in [1.807, 2.05) is 0 Å². The highest BCUT2D eigenvalue weighted by Crippen LogP contribution is 2.56. The standard InChI is InChI=1S/C29H41Br/c1-5-9-13-22(7-3)20-29(21-23(8-4)14-10-6-2)27-16-12-11-15-25(27)26-18-17-24(30)19-28(26)29/h11-12,15-19,22-23H,5-10,13-14,20-21H2,1-4H3/t22-,23+,29?. The van der Waals surface area contributed by atoms with E-state index in [2.05, 4.69) is 86.1 Å². The molecule has 0 amide bonds. The Balaban J connectivity index is 2.12. The number of hydrogen-bond acceptors (Lipinski definition) is 0. The molecule has 2 aromatic rings. The molecule has 1 unspecified atom stereocenters. The van der Waals surface area contributed by atoms with E-state index in [0.717, 1.165) is 11.8 Å². The van der Waals surface area contributed by atoms with Crippen molar-refractivity contribution in [2.24, 2.45) is 11.8 Å². The summed E-state index contributed by atoms with van der Waals surface area (Å²) < 4.78 is 1.22. The molecule has 0 heterocycles. The summed E-state index contributed by atoms with van der Waals surface area (Å²) in [6, 6.07) is 16.4. The molecule has 0 N–H and O–H groups in total. The van der Waals surface area contributed by atoms with Gasteiger partial charge in [-0.3, -0.25) is 0 Å². The second kappa shape index (κ2) is 11.0. The summed E-state index contributed by atoms with van der Waals surface area (Å²) in [4.78, 5) is 0. The van der Waals surface area contributed by atoms with Crippen LogP contribution in [0, 0.1) is 11.8 Å². The lowest BCUT2D eigenvalue weighted by Crippen LogP contribution is -2.31. The van der Waals surface area contributed by atoms with Crippen LogP contribution in [0.15, 0.2) is 46.9 Å². The van der Waals surface area contributed by atoms with Crippen molar-refractivity contribution in [1.29, 1.82) is 0 Å². The molecular formula is C29H41Br. The first kappa shape index (κ1) is 23.6. The first-order chi connectivity index (χ1) is 14.6. The molecule has 1 heteroatoms. The average Bonchev–Trinajstić information content (AvgIpc) is 3.03. The Labute approximate surface area is 194 Å². The van der Waals surface area contributed by atoms with Crippen molar-refractivity contribution in [1.82, 2.24) is 0 Å². The zero-order valence-corrected chi connectivity index (χ0v) is 21.2. The fourth-order valence-electron chi connectivity index (χ4n) is 5.82. The second-order valence-electron chi connectivity index (χ2n) is 9.56. The third kappa shape index (κ3) is 4.87. The number of rotatable bonds is 12. The van der Waals surface area contributed by atoms with Gasteiger partial charge >= 0.3 is 0 Å². The summed E-state index contributed by atoms with van der Waals surface area (Å²) in [5.41, 5.74) is 6.31. The van der Waals surface area contributed by atoms with Gasteiger partial charge in [-0.15, -0.1) is 0 Å². The Kier molecular flexibility index (Phi) is 8.63. The van der Waals surface area contributed by atoms with Gasteiger partial charge in [0.15, 0.2) is 0 Å². The minimum Gasteiger partial charge on any atom is -0.0654 e. The summed E-state index contributed by atoms with van der Waals surface area (Å²) in [5, 5.41) is 0. The number of hydrogen-bond donors (Lipinski definition) is 0. The zero-order valence-electron chi connectivity index (χ0n) is 19.6. The van der Waals surface area contributed by atoms with Gasteiger partial charge in [0.2, 0.25) is 0 Å². The summed E-state index contributed by atoms with van der Waals surface area (Å²) in [6.07, 6.45) is 13.2. The fraction of sp³-hybridized carbons (Fsp3) is 0.586. The van der Waals surface area contributed by atoms with E-state index >= 15 is 0 Å². The molecule has 0 radical (unpaired) electrons. The molecule has 0 fully saturated rings. The molecule has 0 nitrogen and oxygen atoms in total. The van der Waals surface area contributed by atoms with E-state index < -0.39 is 0 Å². The highest BCUT2D eigenvalue weighted by molar-refractivity contribution is 9.10. The molecule has 30 heavy (non-hydrogen) atoms. The van der Waals surface area contributed by atoms with Crippen molar-refractivity contribution < 1.29 is 0 Å². The number of halogens is 1. The molecule has 0 spiro atoms. The van der Waals surface area contributed by atoms with Crippen LogP contribution in [0.2, 0.25) is 0 Å². The molecule has 0 saturated heterocycles.